The molecule has 1 aliphatic carbocycles. The summed E-state index contributed by atoms with van der Waals surface area (Å²) in [6.07, 6.45) is 4.63. The monoisotopic (exact) mass is 576 g/mol. The van der Waals surface area contributed by atoms with Crippen LogP contribution in [0.3, 0.4) is 0 Å². The summed E-state index contributed by atoms with van der Waals surface area (Å²) in [5.41, 5.74) is 3.65. The molecule has 0 radical (unpaired) electrons. The van der Waals surface area contributed by atoms with Gasteiger partial charge in [0, 0.05) is 42.3 Å². The Kier molecular flexibility index (Phi) is 6.97. The second-order valence-electron chi connectivity index (χ2n) is 11.9. The van der Waals surface area contributed by atoms with Crippen LogP contribution in [0.1, 0.15) is 71.4 Å². The van der Waals surface area contributed by atoms with Crippen molar-refractivity contribution in [1.29, 1.82) is 0 Å². The van der Waals surface area contributed by atoms with Crippen LogP contribution < -0.4 is 10.2 Å². The fourth-order valence-electron chi connectivity index (χ4n) is 5.27. The molecule has 41 heavy (non-hydrogen) atoms. The van der Waals surface area contributed by atoms with E-state index >= 15 is 0 Å². The number of aromatic nitrogens is 3. The third kappa shape index (κ3) is 5.66. The SMILES string of the molecule is CC(C)(C)OC(=O)N1CCc2ncc(N3CCc4c(C(=O)NCC5CC5)nn(-c5cccc(Cl)c5)c4C3=O)cc2C1. The van der Waals surface area contributed by atoms with Crippen molar-refractivity contribution in [2.75, 3.05) is 24.5 Å². The van der Waals surface area contributed by atoms with Gasteiger partial charge < -0.3 is 19.9 Å². The van der Waals surface area contributed by atoms with Crippen LogP contribution in [0.15, 0.2) is 36.5 Å². The third-order valence-electron chi connectivity index (χ3n) is 7.52. The number of carbonyl (C=O) groups excluding carboxylic acids is 3. The minimum Gasteiger partial charge on any atom is -0.444 e. The molecule has 2 aliphatic heterocycles. The van der Waals surface area contributed by atoms with Crippen molar-refractivity contribution in [1.82, 2.24) is 25.0 Å². The minimum atomic E-state index is -0.588. The quantitative estimate of drug-likeness (QED) is 0.477. The van der Waals surface area contributed by atoms with Crippen molar-refractivity contribution in [2.24, 2.45) is 5.92 Å². The standard InChI is InChI=1S/C30H33ClN6O4/c1-30(2,3)41-29(40)35-11-10-24-19(17-35)13-22(16-32-24)36-12-9-23-25(27(38)33-15-18-7-8-18)34-37(26(23)28(36)39)21-6-4-5-20(31)14-21/h4-6,13-14,16,18H,7-12,15,17H2,1-3H3,(H,33,38). The molecule has 0 atom stereocenters. The Bertz CT molecular complexity index is 1540. The number of nitrogens with zero attached hydrogens (tertiary/aromatic N) is 5. The average Bonchev–Trinajstić information content (AvgIpc) is 3.68. The van der Waals surface area contributed by atoms with Gasteiger partial charge in [-0.3, -0.25) is 14.6 Å². The van der Waals surface area contributed by atoms with Crippen LogP contribution in [0.5, 0.6) is 0 Å². The number of ether oxygens (including phenoxy) is 1. The van der Waals surface area contributed by atoms with Crippen LogP contribution >= 0.6 is 11.6 Å². The first-order chi connectivity index (χ1) is 19.6. The molecule has 1 aromatic carbocycles. The van der Waals surface area contributed by atoms with Gasteiger partial charge in [-0.1, -0.05) is 17.7 Å². The number of carbonyl (C=O) groups is 3. The number of halogens is 1. The summed E-state index contributed by atoms with van der Waals surface area (Å²) in [5, 5.41) is 8.12. The van der Waals surface area contributed by atoms with E-state index in [4.69, 9.17) is 16.3 Å². The molecule has 6 rings (SSSR count). The van der Waals surface area contributed by atoms with Crippen molar-refractivity contribution >= 4 is 35.2 Å². The van der Waals surface area contributed by atoms with E-state index in [9.17, 15) is 14.4 Å². The number of benzene rings is 1. The molecule has 1 fully saturated rings. The van der Waals surface area contributed by atoms with Crippen LogP contribution in [0.2, 0.25) is 5.02 Å². The Hall–Kier alpha value is -3.92. The molecule has 3 aromatic rings. The second kappa shape index (κ2) is 10.5. The van der Waals surface area contributed by atoms with Gasteiger partial charge >= 0.3 is 6.09 Å². The van der Waals surface area contributed by atoms with E-state index in [1.807, 2.05) is 32.9 Å². The molecule has 1 N–H and O–H groups in total. The highest BCUT2D eigenvalue weighted by Gasteiger charge is 2.36. The number of pyridine rings is 1. The van der Waals surface area contributed by atoms with Gasteiger partial charge in [0.05, 0.1) is 24.1 Å². The fourth-order valence-corrected chi connectivity index (χ4v) is 5.45. The van der Waals surface area contributed by atoms with Crippen LogP contribution in [0.25, 0.3) is 5.69 Å². The van der Waals surface area contributed by atoms with Crippen molar-refractivity contribution in [3.63, 3.8) is 0 Å². The van der Waals surface area contributed by atoms with E-state index in [1.54, 1.807) is 34.2 Å². The van der Waals surface area contributed by atoms with Gasteiger partial charge in [-0.2, -0.15) is 5.10 Å². The van der Waals surface area contributed by atoms with Crippen LogP contribution in [-0.2, 0) is 24.1 Å². The largest absolute Gasteiger partial charge is 0.444 e. The van der Waals surface area contributed by atoms with Gasteiger partial charge in [0.1, 0.15) is 11.3 Å². The molecule has 3 amide bonds. The number of amides is 3. The summed E-state index contributed by atoms with van der Waals surface area (Å²) < 4.78 is 7.09. The summed E-state index contributed by atoms with van der Waals surface area (Å²) >= 11 is 6.28. The van der Waals surface area contributed by atoms with Gasteiger partial charge in [-0.15, -0.1) is 0 Å². The van der Waals surface area contributed by atoms with Crippen LogP contribution in [0.4, 0.5) is 10.5 Å². The van der Waals surface area contributed by atoms with E-state index in [2.05, 4.69) is 15.4 Å². The molecule has 0 unspecified atom stereocenters. The molecule has 214 valence electrons. The maximum Gasteiger partial charge on any atom is 0.410 e. The van der Waals surface area contributed by atoms with E-state index in [0.717, 1.165) is 24.1 Å². The predicted octanol–water partition coefficient (Wildman–Crippen LogP) is 4.56. The lowest BCUT2D eigenvalue weighted by molar-refractivity contribution is 0.0222. The maximum absolute atomic E-state index is 14.1. The second-order valence-corrected chi connectivity index (χ2v) is 12.3. The Labute approximate surface area is 243 Å². The number of hydrogen-bond acceptors (Lipinski definition) is 6. The summed E-state index contributed by atoms with van der Waals surface area (Å²) in [6.45, 7) is 7.37. The highest BCUT2D eigenvalue weighted by Crippen LogP contribution is 2.32. The summed E-state index contributed by atoms with van der Waals surface area (Å²) in [7, 11) is 0. The van der Waals surface area contributed by atoms with E-state index in [-0.39, 0.29) is 23.6 Å². The first-order valence-corrected chi connectivity index (χ1v) is 14.4. The summed E-state index contributed by atoms with van der Waals surface area (Å²) in [4.78, 5) is 47.9. The molecule has 3 aliphatic rings. The smallest absolute Gasteiger partial charge is 0.410 e. The molecule has 11 heteroatoms. The summed E-state index contributed by atoms with van der Waals surface area (Å²) in [6, 6.07) is 8.98. The Morgan fingerprint density at radius 3 is 2.66 bits per heavy atom. The van der Waals surface area contributed by atoms with Crippen LogP contribution in [0, 0.1) is 5.92 Å². The molecular formula is C30H33ClN6O4. The number of nitrogens with one attached hydrogen (secondary N) is 1. The molecule has 0 spiro atoms. The first-order valence-electron chi connectivity index (χ1n) is 14.0. The number of anilines is 1. The first kappa shape index (κ1) is 27.3. The third-order valence-corrected chi connectivity index (χ3v) is 7.76. The highest BCUT2D eigenvalue weighted by molar-refractivity contribution is 6.30. The number of rotatable bonds is 5. The average molecular weight is 577 g/mol. The molecule has 10 nitrogen and oxygen atoms in total. The molecule has 2 aromatic heterocycles. The van der Waals surface area contributed by atoms with Gasteiger partial charge in [0.25, 0.3) is 11.8 Å². The lowest BCUT2D eigenvalue weighted by Gasteiger charge is -2.32. The Morgan fingerprint density at radius 1 is 1.12 bits per heavy atom. The molecule has 0 saturated heterocycles. The van der Waals surface area contributed by atoms with Gasteiger partial charge in [0.2, 0.25) is 0 Å². The fraction of sp³-hybridized carbons (Fsp3) is 0.433. The van der Waals surface area contributed by atoms with E-state index in [1.165, 1.54) is 4.68 Å². The van der Waals surface area contributed by atoms with Crippen molar-refractivity contribution < 1.29 is 19.1 Å². The van der Waals surface area contributed by atoms with Crippen molar-refractivity contribution in [2.45, 2.75) is 58.6 Å². The minimum absolute atomic E-state index is 0.269. The molecule has 4 heterocycles. The van der Waals surface area contributed by atoms with Crippen LogP contribution in [-0.4, -0.2) is 62.8 Å². The lowest BCUT2D eigenvalue weighted by Crippen LogP contribution is -2.41. The van der Waals surface area contributed by atoms with E-state index < -0.39 is 5.60 Å². The Balaban J connectivity index is 1.31. The molecular weight excluding hydrogens is 544 g/mol. The zero-order valence-electron chi connectivity index (χ0n) is 23.4. The summed E-state index contributed by atoms with van der Waals surface area (Å²) in [5.74, 6) is -0.0287. The van der Waals surface area contributed by atoms with Gasteiger partial charge in [-0.25, -0.2) is 9.48 Å². The van der Waals surface area contributed by atoms with Crippen molar-refractivity contribution in [3.8, 4) is 5.69 Å². The topological polar surface area (TPSA) is 110 Å². The zero-order chi connectivity index (χ0) is 28.9. The Morgan fingerprint density at radius 2 is 1.93 bits per heavy atom. The number of fused-ring (bicyclic) bond motifs is 2. The normalized spacial score (nSPS) is 16.7. The molecule has 1 saturated carbocycles. The lowest BCUT2D eigenvalue weighted by atomic mass is 10.0. The maximum atomic E-state index is 14.1. The molecule has 0 bridgehead atoms. The number of hydrogen-bond donors (Lipinski definition) is 1. The highest BCUT2D eigenvalue weighted by atomic mass is 35.5. The predicted molar refractivity (Wildman–Crippen MR) is 154 cm³/mol. The van der Waals surface area contributed by atoms with Crippen molar-refractivity contribution in [3.05, 3.63) is 69.8 Å². The van der Waals surface area contributed by atoms with Gasteiger partial charge in [-0.05, 0) is 75.8 Å². The zero-order valence-corrected chi connectivity index (χ0v) is 24.2. The van der Waals surface area contributed by atoms with E-state index in [0.29, 0.717) is 72.6 Å². The van der Waals surface area contributed by atoms with Gasteiger partial charge in [0.15, 0.2) is 5.69 Å².